The van der Waals surface area contributed by atoms with E-state index in [2.05, 4.69) is 5.32 Å². The molecule has 1 N–H and O–H groups in total. The Balaban J connectivity index is 1.76. The van der Waals surface area contributed by atoms with Gasteiger partial charge in [0.25, 0.3) is 0 Å². The number of nitrogens with one attached hydrogen (secondary N) is 1. The predicted molar refractivity (Wildman–Crippen MR) is 68.4 cm³/mol. The summed E-state index contributed by atoms with van der Waals surface area (Å²) in [6.07, 6.45) is 2.05. The van der Waals surface area contributed by atoms with Crippen LogP contribution in [0.25, 0.3) is 0 Å². The normalized spacial score (nSPS) is 23.1. The first-order valence-corrected chi connectivity index (χ1v) is 6.57. The van der Waals surface area contributed by atoms with Gasteiger partial charge in [0, 0.05) is 12.1 Å². The topological polar surface area (TPSA) is 41.6 Å². The van der Waals surface area contributed by atoms with Crippen LogP contribution in [0.4, 0.5) is 0 Å². The third kappa shape index (κ3) is 2.20. The van der Waals surface area contributed by atoms with Crippen molar-refractivity contribution in [2.24, 2.45) is 0 Å². The summed E-state index contributed by atoms with van der Waals surface area (Å²) in [6.45, 7) is 2.87. The molecule has 1 aromatic rings. The third-order valence-corrected chi connectivity index (χ3v) is 3.62. The first kappa shape index (κ1) is 11.5. The molecular weight excluding hydrogens is 228 g/mol. The summed E-state index contributed by atoms with van der Waals surface area (Å²) in [5.41, 5.74) is 1.10. The number of carbonyl (C=O) groups excluding carboxylic acids is 1. The molecule has 18 heavy (non-hydrogen) atoms. The predicted octanol–water partition coefficient (Wildman–Crippen LogP) is 1.16. The van der Waals surface area contributed by atoms with Crippen LogP contribution in [0.2, 0.25) is 0 Å². The molecule has 0 spiro atoms. The number of para-hydroxylation sites is 1. The van der Waals surface area contributed by atoms with Gasteiger partial charge < -0.3 is 15.0 Å². The molecule has 0 aliphatic carbocycles. The van der Waals surface area contributed by atoms with E-state index in [4.69, 9.17) is 4.74 Å². The van der Waals surface area contributed by atoms with Gasteiger partial charge in [0.2, 0.25) is 5.91 Å². The smallest absolute Gasteiger partial charge is 0.240 e. The van der Waals surface area contributed by atoms with E-state index in [0.717, 1.165) is 30.7 Å². The molecule has 0 bridgehead atoms. The molecule has 4 nitrogen and oxygen atoms in total. The van der Waals surface area contributed by atoms with Gasteiger partial charge in [0.15, 0.2) is 0 Å². The van der Waals surface area contributed by atoms with Crippen LogP contribution in [-0.4, -0.2) is 36.5 Å². The number of hydrogen-bond donors (Lipinski definition) is 1. The molecule has 0 saturated carbocycles. The first-order chi connectivity index (χ1) is 8.84. The highest BCUT2D eigenvalue weighted by Gasteiger charge is 2.28. The molecule has 3 rings (SSSR count). The molecule has 2 heterocycles. The number of hydrogen-bond acceptors (Lipinski definition) is 3. The lowest BCUT2D eigenvalue weighted by Crippen LogP contribution is -2.44. The molecule has 1 fully saturated rings. The highest BCUT2D eigenvalue weighted by Crippen LogP contribution is 2.23. The highest BCUT2D eigenvalue weighted by atomic mass is 16.5. The van der Waals surface area contributed by atoms with Crippen LogP contribution < -0.4 is 10.1 Å². The van der Waals surface area contributed by atoms with E-state index in [-0.39, 0.29) is 11.9 Å². The van der Waals surface area contributed by atoms with E-state index >= 15 is 0 Å². The van der Waals surface area contributed by atoms with Crippen LogP contribution in [0.5, 0.6) is 5.75 Å². The number of rotatable bonds is 1. The maximum absolute atomic E-state index is 12.4. The third-order valence-electron chi connectivity index (χ3n) is 3.62. The minimum Gasteiger partial charge on any atom is -0.491 e. The standard InChI is InChI=1S/C14H18N2O2/c17-14(12-5-3-7-15-12)16-8-9-18-13-6-2-1-4-11(13)10-16/h1-2,4,6,12,15H,3,5,7-10H2. The van der Waals surface area contributed by atoms with Crippen molar-refractivity contribution >= 4 is 5.91 Å². The lowest BCUT2D eigenvalue weighted by atomic mass is 10.1. The fraction of sp³-hybridized carbons (Fsp3) is 0.500. The Morgan fingerprint density at radius 1 is 1.39 bits per heavy atom. The molecule has 1 aromatic carbocycles. The van der Waals surface area contributed by atoms with Gasteiger partial charge in [-0.1, -0.05) is 18.2 Å². The van der Waals surface area contributed by atoms with Gasteiger partial charge in [0.1, 0.15) is 12.4 Å². The average Bonchev–Trinajstić information content (AvgIpc) is 2.84. The summed E-state index contributed by atoms with van der Waals surface area (Å²) in [5, 5.41) is 3.27. The first-order valence-electron chi connectivity index (χ1n) is 6.57. The molecular formula is C14H18N2O2. The van der Waals surface area contributed by atoms with Crippen LogP contribution >= 0.6 is 0 Å². The van der Waals surface area contributed by atoms with Gasteiger partial charge >= 0.3 is 0 Å². The monoisotopic (exact) mass is 246 g/mol. The lowest BCUT2D eigenvalue weighted by Gasteiger charge is -2.23. The average molecular weight is 246 g/mol. The van der Waals surface area contributed by atoms with Gasteiger partial charge in [-0.3, -0.25) is 4.79 Å². The SMILES string of the molecule is O=C(C1CCCN1)N1CCOc2ccccc2C1. The van der Waals surface area contributed by atoms with Gasteiger partial charge in [-0.15, -0.1) is 0 Å². The Bertz CT molecular complexity index is 441. The van der Waals surface area contributed by atoms with Crippen molar-refractivity contribution in [3.63, 3.8) is 0 Å². The van der Waals surface area contributed by atoms with Crippen molar-refractivity contribution in [2.75, 3.05) is 19.7 Å². The quantitative estimate of drug-likeness (QED) is 0.808. The number of benzene rings is 1. The molecule has 1 saturated heterocycles. The molecule has 2 aliphatic rings. The van der Waals surface area contributed by atoms with Gasteiger partial charge in [-0.05, 0) is 25.5 Å². The molecule has 0 radical (unpaired) electrons. The van der Waals surface area contributed by atoms with E-state index in [9.17, 15) is 4.79 Å². The van der Waals surface area contributed by atoms with Gasteiger partial charge in [0.05, 0.1) is 12.6 Å². The van der Waals surface area contributed by atoms with Crippen LogP contribution in [0.1, 0.15) is 18.4 Å². The molecule has 1 amide bonds. The highest BCUT2D eigenvalue weighted by molar-refractivity contribution is 5.82. The minimum absolute atomic E-state index is 0.00950. The van der Waals surface area contributed by atoms with Crippen molar-refractivity contribution in [2.45, 2.75) is 25.4 Å². The van der Waals surface area contributed by atoms with Crippen molar-refractivity contribution in [3.05, 3.63) is 29.8 Å². The number of nitrogens with zero attached hydrogens (tertiary/aromatic N) is 1. The number of amides is 1. The summed E-state index contributed by atoms with van der Waals surface area (Å²) >= 11 is 0. The number of carbonyl (C=O) groups is 1. The Morgan fingerprint density at radius 3 is 3.11 bits per heavy atom. The second kappa shape index (κ2) is 4.98. The summed E-state index contributed by atoms with van der Waals surface area (Å²) in [4.78, 5) is 14.3. The molecule has 1 atom stereocenters. The van der Waals surface area contributed by atoms with Crippen molar-refractivity contribution in [1.82, 2.24) is 10.2 Å². The Kier molecular flexibility index (Phi) is 3.19. The van der Waals surface area contributed by atoms with E-state index < -0.39 is 0 Å². The zero-order chi connectivity index (χ0) is 12.4. The second-order valence-corrected chi connectivity index (χ2v) is 4.86. The van der Waals surface area contributed by atoms with E-state index in [1.54, 1.807) is 0 Å². The Morgan fingerprint density at radius 2 is 2.28 bits per heavy atom. The maximum atomic E-state index is 12.4. The van der Waals surface area contributed by atoms with Crippen molar-refractivity contribution < 1.29 is 9.53 Å². The zero-order valence-corrected chi connectivity index (χ0v) is 10.4. The lowest BCUT2D eigenvalue weighted by molar-refractivity contribution is -0.133. The van der Waals surface area contributed by atoms with E-state index in [1.165, 1.54) is 0 Å². The van der Waals surface area contributed by atoms with Crippen LogP contribution in [0.3, 0.4) is 0 Å². The summed E-state index contributed by atoms with van der Waals surface area (Å²) in [6, 6.07) is 7.97. The number of ether oxygens (including phenoxy) is 1. The minimum atomic E-state index is 0.00950. The summed E-state index contributed by atoms with van der Waals surface area (Å²) in [7, 11) is 0. The van der Waals surface area contributed by atoms with Crippen molar-refractivity contribution in [3.8, 4) is 5.75 Å². The molecule has 4 heteroatoms. The van der Waals surface area contributed by atoms with Crippen LogP contribution in [0.15, 0.2) is 24.3 Å². The molecule has 0 aromatic heterocycles. The fourth-order valence-corrected chi connectivity index (χ4v) is 2.63. The molecule has 2 aliphatic heterocycles. The largest absolute Gasteiger partial charge is 0.491 e. The Labute approximate surface area is 107 Å². The molecule has 1 unspecified atom stereocenters. The van der Waals surface area contributed by atoms with Gasteiger partial charge in [-0.2, -0.15) is 0 Å². The van der Waals surface area contributed by atoms with Crippen molar-refractivity contribution in [1.29, 1.82) is 0 Å². The molecule has 96 valence electrons. The Hall–Kier alpha value is -1.55. The van der Waals surface area contributed by atoms with E-state index in [0.29, 0.717) is 19.7 Å². The summed E-state index contributed by atoms with van der Waals surface area (Å²) in [5.74, 6) is 1.12. The fourth-order valence-electron chi connectivity index (χ4n) is 2.63. The van der Waals surface area contributed by atoms with Crippen LogP contribution in [-0.2, 0) is 11.3 Å². The van der Waals surface area contributed by atoms with Gasteiger partial charge in [-0.25, -0.2) is 0 Å². The maximum Gasteiger partial charge on any atom is 0.240 e. The zero-order valence-electron chi connectivity index (χ0n) is 10.4. The van der Waals surface area contributed by atoms with E-state index in [1.807, 2.05) is 29.2 Å². The summed E-state index contributed by atoms with van der Waals surface area (Å²) < 4.78 is 5.68. The van der Waals surface area contributed by atoms with Crippen LogP contribution in [0, 0.1) is 0 Å². The number of fused-ring (bicyclic) bond motifs is 1. The second-order valence-electron chi connectivity index (χ2n) is 4.86.